The largest absolute Gasteiger partial charge is 0.497 e. The second-order valence-corrected chi connectivity index (χ2v) is 7.52. The lowest BCUT2D eigenvalue weighted by atomic mass is 10.2. The van der Waals surface area contributed by atoms with Gasteiger partial charge in [-0.15, -0.1) is 10.2 Å². The Morgan fingerprint density at radius 3 is 2.72 bits per heavy atom. The van der Waals surface area contributed by atoms with Gasteiger partial charge in [0.05, 0.1) is 13.2 Å². The topological polar surface area (TPSA) is 107 Å². The van der Waals surface area contributed by atoms with Crippen LogP contribution in [0.4, 0.5) is 5.69 Å². The summed E-state index contributed by atoms with van der Waals surface area (Å²) < 4.78 is 12.7. The van der Waals surface area contributed by atoms with Gasteiger partial charge in [0.2, 0.25) is 0 Å². The highest BCUT2D eigenvalue weighted by Gasteiger charge is 2.22. The van der Waals surface area contributed by atoms with E-state index in [2.05, 4.69) is 25.4 Å². The van der Waals surface area contributed by atoms with Crippen molar-refractivity contribution in [3.8, 4) is 11.5 Å². The van der Waals surface area contributed by atoms with Crippen molar-refractivity contribution in [2.45, 2.75) is 32.4 Å². The van der Waals surface area contributed by atoms with Gasteiger partial charge in [-0.1, -0.05) is 6.07 Å². The Morgan fingerprint density at radius 1 is 1.12 bits per heavy atom. The first-order valence-electron chi connectivity index (χ1n) is 10.4. The molecule has 0 bridgehead atoms. The van der Waals surface area contributed by atoms with E-state index in [0.29, 0.717) is 22.7 Å². The Bertz CT molecular complexity index is 1110. The number of nitrogens with one attached hydrogen (secondary N) is 2. The Labute approximate surface area is 185 Å². The first-order chi connectivity index (χ1) is 15.5. The highest BCUT2D eigenvalue weighted by Crippen LogP contribution is 2.20. The minimum Gasteiger partial charge on any atom is -0.497 e. The summed E-state index contributed by atoms with van der Waals surface area (Å²) in [5, 5.41) is 14.1. The predicted octanol–water partition coefficient (Wildman–Crippen LogP) is 2.74. The minimum atomic E-state index is -0.297. The van der Waals surface area contributed by atoms with Crippen LogP contribution in [0, 0.1) is 0 Å². The minimum absolute atomic E-state index is 0.155. The summed E-state index contributed by atoms with van der Waals surface area (Å²) in [7, 11) is 1.56. The molecule has 2 N–H and O–H groups in total. The van der Waals surface area contributed by atoms with Crippen LogP contribution >= 0.6 is 0 Å². The smallest absolute Gasteiger partial charge is 0.262 e. The normalized spacial score (nSPS) is 13.2. The number of anilines is 1. The molecule has 9 nitrogen and oxygen atoms in total. The van der Waals surface area contributed by atoms with Crippen molar-refractivity contribution in [2.75, 3.05) is 19.0 Å². The van der Waals surface area contributed by atoms with Gasteiger partial charge in [-0.25, -0.2) is 0 Å². The van der Waals surface area contributed by atoms with Crippen LogP contribution in [-0.2, 0) is 17.8 Å². The van der Waals surface area contributed by atoms with E-state index in [1.54, 1.807) is 55.6 Å². The number of amides is 2. The zero-order chi connectivity index (χ0) is 22.5. The molecular formula is C23H25N5O4. The van der Waals surface area contributed by atoms with Crippen molar-refractivity contribution >= 4 is 17.5 Å². The van der Waals surface area contributed by atoms with E-state index in [1.165, 1.54) is 0 Å². The van der Waals surface area contributed by atoms with Crippen molar-refractivity contribution in [3.05, 3.63) is 65.7 Å². The molecule has 1 atom stereocenters. The molecule has 0 aliphatic carbocycles. The Morgan fingerprint density at radius 2 is 1.94 bits per heavy atom. The van der Waals surface area contributed by atoms with Crippen molar-refractivity contribution in [3.63, 3.8) is 0 Å². The summed E-state index contributed by atoms with van der Waals surface area (Å²) in [6.07, 6.45) is 1.98. The molecule has 32 heavy (non-hydrogen) atoms. The third-order valence-electron chi connectivity index (χ3n) is 5.21. The average molecular weight is 435 g/mol. The van der Waals surface area contributed by atoms with Crippen LogP contribution < -0.4 is 20.1 Å². The summed E-state index contributed by atoms with van der Waals surface area (Å²) in [5.74, 6) is 2.38. The maximum Gasteiger partial charge on any atom is 0.262 e. The Kier molecular flexibility index (Phi) is 6.34. The average Bonchev–Trinajstić information content (AvgIpc) is 3.42. The Balaban J connectivity index is 1.28. The van der Waals surface area contributed by atoms with Gasteiger partial charge in [0.25, 0.3) is 11.8 Å². The predicted molar refractivity (Wildman–Crippen MR) is 118 cm³/mol. The first kappa shape index (κ1) is 21.4. The van der Waals surface area contributed by atoms with Crippen LogP contribution in [0.5, 0.6) is 11.5 Å². The number of benzene rings is 2. The highest BCUT2D eigenvalue weighted by atomic mass is 16.5. The van der Waals surface area contributed by atoms with Gasteiger partial charge in [-0.2, -0.15) is 0 Å². The number of carbonyl (C=O) groups is 2. The van der Waals surface area contributed by atoms with Crippen LogP contribution in [0.25, 0.3) is 0 Å². The highest BCUT2D eigenvalue weighted by molar-refractivity contribution is 5.94. The number of fused-ring (bicyclic) bond motifs is 1. The molecule has 2 amide bonds. The van der Waals surface area contributed by atoms with Crippen LogP contribution in [-0.4, -0.2) is 40.3 Å². The molecule has 0 spiro atoms. The SMILES string of the molecule is COc1cccc(NC(=O)COc2ccc(C(=O)N[C@H](C)c3nnc4n3CCC4)cc2)c1. The lowest BCUT2D eigenvalue weighted by Gasteiger charge is -2.14. The van der Waals surface area contributed by atoms with E-state index < -0.39 is 0 Å². The van der Waals surface area contributed by atoms with Gasteiger partial charge in [0.1, 0.15) is 17.3 Å². The van der Waals surface area contributed by atoms with E-state index in [-0.39, 0.29) is 24.5 Å². The molecule has 1 aliphatic heterocycles. The van der Waals surface area contributed by atoms with Crippen LogP contribution in [0.1, 0.15) is 41.4 Å². The number of carbonyl (C=O) groups excluding carboxylic acids is 2. The lowest BCUT2D eigenvalue weighted by Crippen LogP contribution is -2.28. The standard InChI is InChI=1S/C23H25N5O4/c1-15(22-27-26-20-7-4-12-28(20)22)24-23(30)16-8-10-18(11-9-16)32-14-21(29)25-17-5-3-6-19(13-17)31-2/h3,5-6,8-11,13,15H,4,7,12,14H2,1-2H3,(H,24,30)(H,25,29)/t15-/m1/s1. The maximum absolute atomic E-state index is 12.6. The number of hydrogen-bond acceptors (Lipinski definition) is 6. The summed E-state index contributed by atoms with van der Waals surface area (Å²) in [6, 6.07) is 13.5. The maximum atomic E-state index is 12.6. The lowest BCUT2D eigenvalue weighted by molar-refractivity contribution is -0.118. The number of methoxy groups -OCH3 is 1. The van der Waals surface area contributed by atoms with E-state index >= 15 is 0 Å². The number of hydrogen-bond donors (Lipinski definition) is 2. The molecule has 2 aromatic carbocycles. The van der Waals surface area contributed by atoms with Crippen LogP contribution in [0.3, 0.4) is 0 Å². The van der Waals surface area contributed by atoms with Gasteiger partial charge in [0.15, 0.2) is 12.4 Å². The Hall–Kier alpha value is -3.88. The van der Waals surface area contributed by atoms with Crippen molar-refractivity contribution < 1.29 is 19.1 Å². The molecule has 0 radical (unpaired) electrons. The molecule has 0 fully saturated rings. The molecule has 0 saturated heterocycles. The molecular weight excluding hydrogens is 410 g/mol. The van der Waals surface area contributed by atoms with Crippen LogP contribution in [0.2, 0.25) is 0 Å². The second kappa shape index (κ2) is 9.51. The molecule has 2 heterocycles. The fraction of sp³-hybridized carbons (Fsp3) is 0.304. The molecule has 3 aromatic rings. The molecule has 1 aliphatic rings. The van der Waals surface area contributed by atoms with E-state index in [0.717, 1.165) is 31.0 Å². The van der Waals surface area contributed by atoms with Crippen LogP contribution in [0.15, 0.2) is 48.5 Å². The zero-order valence-corrected chi connectivity index (χ0v) is 18.0. The van der Waals surface area contributed by atoms with Crippen molar-refractivity contribution in [2.24, 2.45) is 0 Å². The fourth-order valence-corrected chi connectivity index (χ4v) is 3.59. The van der Waals surface area contributed by atoms with E-state index in [4.69, 9.17) is 9.47 Å². The van der Waals surface area contributed by atoms with Gasteiger partial charge in [0, 0.05) is 30.3 Å². The van der Waals surface area contributed by atoms with Gasteiger partial charge in [-0.05, 0) is 49.7 Å². The molecule has 9 heteroatoms. The van der Waals surface area contributed by atoms with Crippen molar-refractivity contribution in [1.82, 2.24) is 20.1 Å². The third-order valence-corrected chi connectivity index (χ3v) is 5.21. The summed E-state index contributed by atoms with van der Waals surface area (Å²) in [4.78, 5) is 24.7. The van der Waals surface area contributed by atoms with Gasteiger partial charge >= 0.3 is 0 Å². The van der Waals surface area contributed by atoms with E-state index in [1.807, 2.05) is 6.92 Å². The zero-order valence-electron chi connectivity index (χ0n) is 18.0. The number of nitrogens with zero attached hydrogens (tertiary/aromatic N) is 3. The number of ether oxygens (including phenoxy) is 2. The summed E-state index contributed by atoms with van der Waals surface area (Å²) in [6.45, 7) is 2.62. The first-order valence-corrected chi connectivity index (χ1v) is 10.4. The molecule has 166 valence electrons. The number of aryl methyl sites for hydroxylation is 1. The van der Waals surface area contributed by atoms with E-state index in [9.17, 15) is 9.59 Å². The van der Waals surface area contributed by atoms with Gasteiger partial charge < -0.3 is 24.7 Å². The second-order valence-electron chi connectivity index (χ2n) is 7.52. The van der Waals surface area contributed by atoms with Crippen molar-refractivity contribution in [1.29, 1.82) is 0 Å². The number of aromatic nitrogens is 3. The molecule has 4 rings (SSSR count). The quantitative estimate of drug-likeness (QED) is 0.563. The fourth-order valence-electron chi connectivity index (χ4n) is 3.59. The number of rotatable bonds is 8. The monoisotopic (exact) mass is 435 g/mol. The summed E-state index contributed by atoms with van der Waals surface area (Å²) >= 11 is 0. The summed E-state index contributed by atoms with van der Waals surface area (Å²) in [5.41, 5.74) is 1.11. The molecule has 0 saturated carbocycles. The van der Waals surface area contributed by atoms with Gasteiger partial charge in [-0.3, -0.25) is 9.59 Å². The molecule has 0 unspecified atom stereocenters. The molecule has 1 aromatic heterocycles. The third kappa shape index (κ3) is 4.88.